The Labute approximate surface area is 119 Å². The van der Waals surface area contributed by atoms with Gasteiger partial charge in [0.2, 0.25) is 0 Å². The molecule has 1 amide bonds. The number of amides is 1. The highest BCUT2D eigenvalue weighted by Gasteiger charge is 2.21. The zero-order chi connectivity index (χ0) is 13.9. The number of benzene rings is 1. The number of carbonyl (C=O) groups is 1. The van der Waals surface area contributed by atoms with Crippen LogP contribution in [0, 0.1) is 5.82 Å². The van der Waals surface area contributed by atoms with Gasteiger partial charge < -0.3 is 10.6 Å². The number of carbonyl (C=O) groups excluding carboxylic acids is 1. The summed E-state index contributed by atoms with van der Waals surface area (Å²) in [5.74, 6) is -0.950. The molecule has 0 aromatic heterocycles. The van der Waals surface area contributed by atoms with Crippen LogP contribution in [0.3, 0.4) is 0 Å². The molecule has 1 aromatic carbocycles. The Morgan fingerprint density at radius 1 is 1.61 bits per heavy atom. The van der Waals surface area contributed by atoms with Gasteiger partial charge in [-0.1, -0.05) is 18.3 Å². The summed E-state index contributed by atoms with van der Waals surface area (Å²) >= 11 is 7.85. The van der Waals surface area contributed by atoms with Crippen molar-refractivity contribution >= 4 is 39.0 Å². The Hall–Kier alpha value is -1.01. The van der Waals surface area contributed by atoms with Gasteiger partial charge in [-0.15, -0.1) is 0 Å². The van der Waals surface area contributed by atoms with Gasteiger partial charge in [0, 0.05) is 19.5 Å². The molecule has 0 heterocycles. The van der Waals surface area contributed by atoms with E-state index in [4.69, 9.17) is 18.0 Å². The number of thiocarbonyl (C=S) groups is 1. The first kappa shape index (κ1) is 15.0. The number of hydrogen-bond acceptors (Lipinski definition) is 2. The SMILES string of the molecule is CC(CC(N)=S)N(C)C(=O)c1cccc(Br)c1F. The lowest BCUT2D eigenvalue weighted by Crippen LogP contribution is -2.37. The van der Waals surface area contributed by atoms with Gasteiger partial charge in [-0.3, -0.25) is 4.79 Å². The van der Waals surface area contributed by atoms with Crippen LogP contribution < -0.4 is 5.73 Å². The molecule has 0 aliphatic carbocycles. The molecule has 0 bridgehead atoms. The van der Waals surface area contributed by atoms with Crippen molar-refractivity contribution in [2.75, 3.05) is 7.05 Å². The molecular formula is C12H14BrFN2OS. The normalized spacial score (nSPS) is 12.0. The van der Waals surface area contributed by atoms with Crippen LogP contribution in [0.2, 0.25) is 0 Å². The van der Waals surface area contributed by atoms with Crippen LogP contribution in [0.15, 0.2) is 22.7 Å². The van der Waals surface area contributed by atoms with E-state index in [-0.39, 0.29) is 16.1 Å². The second kappa shape index (κ2) is 6.24. The van der Waals surface area contributed by atoms with Gasteiger partial charge in [0.15, 0.2) is 0 Å². The summed E-state index contributed by atoms with van der Waals surface area (Å²) in [5.41, 5.74) is 5.47. The quantitative estimate of drug-likeness (QED) is 0.862. The highest BCUT2D eigenvalue weighted by Crippen LogP contribution is 2.20. The summed E-state index contributed by atoms with van der Waals surface area (Å²) in [7, 11) is 1.60. The Morgan fingerprint density at radius 2 is 2.22 bits per heavy atom. The summed E-state index contributed by atoms with van der Waals surface area (Å²) in [6.07, 6.45) is 0.410. The van der Waals surface area contributed by atoms with Crippen molar-refractivity contribution in [3.63, 3.8) is 0 Å². The predicted octanol–water partition coefficient (Wildman–Crippen LogP) is 2.72. The largest absolute Gasteiger partial charge is 0.393 e. The third-order valence-corrected chi connectivity index (χ3v) is 3.44. The predicted molar refractivity (Wildman–Crippen MR) is 77.1 cm³/mol. The van der Waals surface area contributed by atoms with Crippen molar-refractivity contribution in [1.29, 1.82) is 0 Å². The molecular weight excluding hydrogens is 319 g/mol. The number of nitrogens with two attached hydrogens (primary N) is 1. The molecule has 18 heavy (non-hydrogen) atoms. The molecule has 98 valence electrons. The van der Waals surface area contributed by atoms with Gasteiger partial charge in [-0.05, 0) is 35.0 Å². The lowest BCUT2D eigenvalue weighted by atomic mass is 10.1. The van der Waals surface area contributed by atoms with Crippen LogP contribution >= 0.6 is 28.1 Å². The fourth-order valence-electron chi connectivity index (χ4n) is 1.49. The molecule has 1 unspecified atom stereocenters. The third-order valence-electron chi connectivity index (χ3n) is 2.66. The van der Waals surface area contributed by atoms with Crippen LogP contribution in [0.4, 0.5) is 4.39 Å². The smallest absolute Gasteiger partial charge is 0.256 e. The molecule has 0 saturated heterocycles. The number of halogens is 2. The third kappa shape index (κ3) is 3.49. The maximum absolute atomic E-state index is 13.8. The van der Waals surface area contributed by atoms with E-state index < -0.39 is 11.7 Å². The van der Waals surface area contributed by atoms with Gasteiger partial charge in [0.05, 0.1) is 15.0 Å². The van der Waals surface area contributed by atoms with Crippen LogP contribution in [0.25, 0.3) is 0 Å². The fourth-order valence-corrected chi connectivity index (χ4v) is 2.09. The molecule has 3 nitrogen and oxygen atoms in total. The maximum atomic E-state index is 13.8. The van der Waals surface area contributed by atoms with E-state index in [0.717, 1.165) is 0 Å². The molecule has 0 spiro atoms. The van der Waals surface area contributed by atoms with Crippen LogP contribution in [0.1, 0.15) is 23.7 Å². The monoisotopic (exact) mass is 332 g/mol. The van der Waals surface area contributed by atoms with Gasteiger partial charge in [0.1, 0.15) is 5.82 Å². The Balaban J connectivity index is 2.93. The number of nitrogens with zero attached hydrogens (tertiary/aromatic N) is 1. The van der Waals surface area contributed by atoms with Crippen LogP contribution in [-0.4, -0.2) is 28.9 Å². The first-order valence-corrected chi connectivity index (χ1v) is 6.54. The zero-order valence-corrected chi connectivity index (χ0v) is 12.5. The number of rotatable bonds is 4. The highest BCUT2D eigenvalue weighted by molar-refractivity contribution is 9.10. The van der Waals surface area contributed by atoms with E-state index in [2.05, 4.69) is 15.9 Å². The van der Waals surface area contributed by atoms with Crippen LogP contribution in [-0.2, 0) is 0 Å². The van der Waals surface area contributed by atoms with Crippen molar-refractivity contribution in [3.8, 4) is 0 Å². The molecule has 0 radical (unpaired) electrons. The summed E-state index contributed by atoms with van der Waals surface area (Å²) in [5, 5.41) is 0. The Kier molecular flexibility index (Phi) is 5.22. The Bertz CT molecular complexity index is 481. The average Bonchev–Trinajstić information content (AvgIpc) is 2.30. The summed E-state index contributed by atoms with van der Waals surface area (Å²) in [6, 6.07) is 4.44. The molecule has 2 N–H and O–H groups in total. The highest BCUT2D eigenvalue weighted by atomic mass is 79.9. The van der Waals surface area contributed by atoms with Gasteiger partial charge in [0.25, 0.3) is 5.91 Å². The second-order valence-electron chi connectivity index (χ2n) is 4.04. The van der Waals surface area contributed by atoms with Gasteiger partial charge >= 0.3 is 0 Å². The van der Waals surface area contributed by atoms with Crippen molar-refractivity contribution in [2.24, 2.45) is 5.73 Å². The minimum Gasteiger partial charge on any atom is -0.393 e. The first-order chi connectivity index (χ1) is 8.34. The van der Waals surface area contributed by atoms with E-state index in [1.54, 1.807) is 19.2 Å². The molecule has 1 atom stereocenters. The van der Waals surface area contributed by atoms with E-state index in [1.165, 1.54) is 11.0 Å². The first-order valence-electron chi connectivity index (χ1n) is 5.34. The molecule has 1 aromatic rings. The lowest BCUT2D eigenvalue weighted by molar-refractivity contribution is 0.0743. The molecule has 0 fully saturated rings. The van der Waals surface area contributed by atoms with Crippen molar-refractivity contribution in [3.05, 3.63) is 34.1 Å². The van der Waals surface area contributed by atoms with E-state index in [9.17, 15) is 9.18 Å². The maximum Gasteiger partial charge on any atom is 0.256 e. The van der Waals surface area contributed by atoms with Gasteiger partial charge in [-0.2, -0.15) is 0 Å². The van der Waals surface area contributed by atoms with Crippen molar-refractivity contribution in [1.82, 2.24) is 4.90 Å². The Morgan fingerprint density at radius 3 is 2.78 bits per heavy atom. The molecule has 1 rings (SSSR count). The molecule has 0 aliphatic rings. The number of hydrogen-bond donors (Lipinski definition) is 1. The van der Waals surface area contributed by atoms with E-state index in [0.29, 0.717) is 11.4 Å². The summed E-state index contributed by atoms with van der Waals surface area (Å²) in [4.78, 5) is 13.9. The average molecular weight is 333 g/mol. The molecule has 0 aliphatic heterocycles. The van der Waals surface area contributed by atoms with E-state index in [1.807, 2.05) is 6.92 Å². The molecule has 6 heteroatoms. The fraction of sp³-hybridized carbons (Fsp3) is 0.333. The minimum atomic E-state index is -0.558. The second-order valence-corrected chi connectivity index (χ2v) is 5.42. The van der Waals surface area contributed by atoms with Crippen molar-refractivity contribution in [2.45, 2.75) is 19.4 Å². The van der Waals surface area contributed by atoms with Crippen LogP contribution in [0.5, 0.6) is 0 Å². The summed E-state index contributed by atoms with van der Waals surface area (Å²) < 4.78 is 14.1. The molecule has 0 saturated carbocycles. The van der Waals surface area contributed by atoms with Gasteiger partial charge in [-0.25, -0.2) is 4.39 Å². The zero-order valence-electron chi connectivity index (χ0n) is 10.1. The topological polar surface area (TPSA) is 46.3 Å². The van der Waals surface area contributed by atoms with E-state index >= 15 is 0 Å². The standard InChI is InChI=1S/C12H14BrFN2OS/c1-7(6-10(15)18)16(2)12(17)8-4-3-5-9(13)11(8)14/h3-5,7H,6H2,1-2H3,(H2,15,18). The van der Waals surface area contributed by atoms with Crippen molar-refractivity contribution < 1.29 is 9.18 Å². The minimum absolute atomic E-state index is 0.0293. The lowest BCUT2D eigenvalue weighted by Gasteiger charge is -2.24. The summed E-state index contributed by atoms with van der Waals surface area (Å²) in [6.45, 7) is 1.81.